The Labute approximate surface area is 164 Å². The summed E-state index contributed by atoms with van der Waals surface area (Å²) in [6.07, 6.45) is 3.12. The Morgan fingerprint density at radius 1 is 1.00 bits per heavy atom. The highest BCUT2D eigenvalue weighted by molar-refractivity contribution is 4.98. The number of allylic oxidation sites excluding steroid dienone is 1. The number of aliphatic hydroxyl groups is 4. The molecule has 6 nitrogen and oxygen atoms in total. The van der Waals surface area contributed by atoms with Crippen molar-refractivity contribution in [3.63, 3.8) is 0 Å². The van der Waals surface area contributed by atoms with Crippen LogP contribution in [0.5, 0.6) is 0 Å². The standard InChI is InChI=1S/C21H40O6/c1-14(2)7-5-8-15(3)9-6-10-16(4)11-12-26-21-20(25)19(24)18(23)17(13-22)27-21/h11,14-15,17-25H,5-10,12-13H2,1-4H3/b16-11+. The lowest BCUT2D eigenvalue weighted by atomic mass is 9.94. The van der Waals surface area contributed by atoms with E-state index in [1.165, 1.54) is 31.3 Å². The van der Waals surface area contributed by atoms with Crippen molar-refractivity contribution < 1.29 is 29.9 Å². The van der Waals surface area contributed by atoms with Gasteiger partial charge in [-0.15, -0.1) is 0 Å². The number of hydrogen-bond acceptors (Lipinski definition) is 6. The van der Waals surface area contributed by atoms with Crippen molar-refractivity contribution in [3.8, 4) is 0 Å². The van der Waals surface area contributed by atoms with Crippen molar-refractivity contribution in [2.45, 2.75) is 96.9 Å². The van der Waals surface area contributed by atoms with Gasteiger partial charge in [0.2, 0.25) is 0 Å². The topological polar surface area (TPSA) is 99.4 Å². The van der Waals surface area contributed by atoms with Gasteiger partial charge in [-0.25, -0.2) is 0 Å². The third kappa shape index (κ3) is 9.03. The second-order valence-corrected chi connectivity index (χ2v) is 8.40. The lowest BCUT2D eigenvalue weighted by Gasteiger charge is -2.39. The number of aliphatic hydroxyl groups excluding tert-OH is 4. The van der Waals surface area contributed by atoms with Crippen LogP contribution in [0.15, 0.2) is 11.6 Å². The molecule has 0 aromatic carbocycles. The summed E-state index contributed by atoms with van der Waals surface area (Å²) in [5, 5.41) is 38.6. The smallest absolute Gasteiger partial charge is 0.187 e. The van der Waals surface area contributed by atoms with Gasteiger partial charge in [0, 0.05) is 0 Å². The number of rotatable bonds is 12. The summed E-state index contributed by atoms with van der Waals surface area (Å²) in [5.74, 6) is 1.54. The summed E-state index contributed by atoms with van der Waals surface area (Å²) in [6, 6.07) is 0. The third-order valence-corrected chi connectivity index (χ3v) is 5.29. The summed E-state index contributed by atoms with van der Waals surface area (Å²) in [6.45, 7) is 8.71. The van der Waals surface area contributed by atoms with E-state index in [0.717, 1.165) is 24.7 Å². The van der Waals surface area contributed by atoms with Gasteiger partial charge in [-0.05, 0) is 31.6 Å². The minimum atomic E-state index is -1.40. The molecule has 6 unspecified atom stereocenters. The lowest BCUT2D eigenvalue weighted by Crippen LogP contribution is -2.59. The van der Waals surface area contributed by atoms with Crippen molar-refractivity contribution in [1.82, 2.24) is 0 Å². The van der Waals surface area contributed by atoms with Gasteiger partial charge in [-0.2, -0.15) is 0 Å². The molecule has 1 aliphatic rings. The summed E-state index contributed by atoms with van der Waals surface area (Å²) in [7, 11) is 0. The second-order valence-electron chi connectivity index (χ2n) is 8.40. The predicted octanol–water partition coefficient (Wildman–Crippen LogP) is 2.38. The van der Waals surface area contributed by atoms with Crippen LogP contribution >= 0.6 is 0 Å². The zero-order chi connectivity index (χ0) is 20.4. The first-order chi connectivity index (χ1) is 12.8. The first-order valence-electron chi connectivity index (χ1n) is 10.3. The molecule has 0 spiro atoms. The van der Waals surface area contributed by atoms with Crippen LogP contribution in [0.3, 0.4) is 0 Å². The molecule has 0 aliphatic carbocycles. The molecule has 0 radical (unpaired) electrons. The molecule has 0 saturated carbocycles. The van der Waals surface area contributed by atoms with Gasteiger partial charge in [0.05, 0.1) is 13.2 Å². The molecule has 0 amide bonds. The maximum absolute atomic E-state index is 9.93. The fraction of sp³-hybridized carbons (Fsp3) is 0.905. The lowest BCUT2D eigenvalue weighted by molar-refractivity contribution is -0.298. The molecule has 1 fully saturated rings. The monoisotopic (exact) mass is 388 g/mol. The van der Waals surface area contributed by atoms with Gasteiger partial charge < -0.3 is 29.9 Å². The molecule has 0 aromatic rings. The Balaban J connectivity index is 2.26. The van der Waals surface area contributed by atoms with Gasteiger partial charge >= 0.3 is 0 Å². The van der Waals surface area contributed by atoms with E-state index in [4.69, 9.17) is 9.47 Å². The Morgan fingerprint density at radius 3 is 2.30 bits per heavy atom. The minimum Gasteiger partial charge on any atom is -0.394 e. The van der Waals surface area contributed by atoms with E-state index < -0.39 is 37.3 Å². The molecule has 1 aliphatic heterocycles. The van der Waals surface area contributed by atoms with Crippen LogP contribution in [0.1, 0.15) is 66.2 Å². The second kappa shape index (κ2) is 12.9. The number of ether oxygens (including phenoxy) is 2. The molecule has 27 heavy (non-hydrogen) atoms. The molecule has 6 atom stereocenters. The summed E-state index contributed by atoms with van der Waals surface area (Å²) >= 11 is 0. The zero-order valence-corrected chi connectivity index (χ0v) is 17.4. The van der Waals surface area contributed by atoms with E-state index >= 15 is 0 Å². The van der Waals surface area contributed by atoms with Crippen LogP contribution < -0.4 is 0 Å². The quantitative estimate of drug-likeness (QED) is 0.383. The van der Waals surface area contributed by atoms with Crippen molar-refractivity contribution in [3.05, 3.63) is 11.6 Å². The van der Waals surface area contributed by atoms with Crippen molar-refractivity contribution in [2.75, 3.05) is 13.2 Å². The highest BCUT2D eigenvalue weighted by atomic mass is 16.7. The molecule has 0 aromatic heterocycles. The molecule has 1 saturated heterocycles. The average molecular weight is 389 g/mol. The first kappa shape index (κ1) is 24.5. The summed E-state index contributed by atoms with van der Waals surface area (Å²) in [5.41, 5.74) is 1.22. The number of hydrogen-bond donors (Lipinski definition) is 4. The highest BCUT2D eigenvalue weighted by Crippen LogP contribution is 2.22. The van der Waals surface area contributed by atoms with Crippen molar-refractivity contribution >= 4 is 0 Å². The highest BCUT2D eigenvalue weighted by Gasteiger charge is 2.43. The van der Waals surface area contributed by atoms with Gasteiger partial charge in [0.1, 0.15) is 24.4 Å². The van der Waals surface area contributed by atoms with E-state index in [9.17, 15) is 20.4 Å². The van der Waals surface area contributed by atoms with Crippen LogP contribution in [-0.4, -0.2) is 64.3 Å². The third-order valence-electron chi connectivity index (χ3n) is 5.29. The molecule has 4 N–H and O–H groups in total. The Morgan fingerprint density at radius 2 is 1.67 bits per heavy atom. The van der Waals surface area contributed by atoms with E-state index in [-0.39, 0.29) is 6.61 Å². The fourth-order valence-corrected chi connectivity index (χ4v) is 3.34. The van der Waals surface area contributed by atoms with Crippen molar-refractivity contribution in [2.24, 2.45) is 11.8 Å². The van der Waals surface area contributed by atoms with E-state index in [1.807, 2.05) is 6.08 Å². The molecule has 0 bridgehead atoms. The predicted molar refractivity (Wildman–Crippen MR) is 105 cm³/mol. The fourth-order valence-electron chi connectivity index (χ4n) is 3.34. The molecular weight excluding hydrogens is 348 g/mol. The Kier molecular flexibility index (Phi) is 11.7. The van der Waals surface area contributed by atoms with Crippen LogP contribution in [0.4, 0.5) is 0 Å². The summed E-state index contributed by atoms with van der Waals surface area (Å²) in [4.78, 5) is 0. The van der Waals surface area contributed by atoms with Crippen LogP contribution in [0.2, 0.25) is 0 Å². The maximum atomic E-state index is 9.93. The summed E-state index contributed by atoms with van der Waals surface area (Å²) < 4.78 is 10.8. The largest absolute Gasteiger partial charge is 0.394 e. The van der Waals surface area contributed by atoms with Crippen molar-refractivity contribution in [1.29, 1.82) is 0 Å². The molecular formula is C21H40O6. The molecule has 1 rings (SSSR count). The van der Waals surface area contributed by atoms with Gasteiger partial charge in [-0.1, -0.05) is 58.1 Å². The van der Waals surface area contributed by atoms with E-state index in [0.29, 0.717) is 0 Å². The first-order valence-corrected chi connectivity index (χ1v) is 10.3. The maximum Gasteiger partial charge on any atom is 0.187 e. The zero-order valence-electron chi connectivity index (χ0n) is 17.4. The van der Waals surface area contributed by atoms with E-state index in [1.54, 1.807) is 0 Å². The average Bonchev–Trinajstić information content (AvgIpc) is 2.61. The Bertz CT molecular complexity index is 423. The minimum absolute atomic E-state index is 0.248. The van der Waals surface area contributed by atoms with Crippen LogP contribution in [0.25, 0.3) is 0 Å². The SMILES string of the molecule is C/C(=C\COC1OC(CO)C(O)C(O)C1O)CCCC(C)CCCC(C)C. The Hall–Kier alpha value is -0.500. The molecule has 160 valence electrons. The van der Waals surface area contributed by atoms with Gasteiger partial charge in [-0.3, -0.25) is 0 Å². The van der Waals surface area contributed by atoms with E-state index in [2.05, 4.69) is 27.7 Å². The van der Waals surface area contributed by atoms with Crippen LogP contribution in [-0.2, 0) is 9.47 Å². The molecule has 1 heterocycles. The normalized spacial score (nSPS) is 30.7. The van der Waals surface area contributed by atoms with Gasteiger partial charge in [0.15, 0.2) is 6.29 Å². The molecule has 6 heteroatoms. The van der Waals surface area contributed by atoms with Crippen LogP contribution in [0, 0.1) is 11.8 Å². The van der Waals surface area contributed by atoms with Gasteiger partial charge in [0.25, 0.3) is 0 Å².